The summed E-state index contributed by atoms with van der Waals surface area (Å²) < 4.78 is 10.4. The topological polar surface area (TPSA) is 0 Å². The molecule has 1 aliphatic rings. The van der Waals surface area contributed by atoms with Crippen LogP contribution in [0.15, 0.2) is 9.66 Å². The number of hydrogen-bond acceptors (Lipinski definition) is 0. The van der Waals surface area contributed by atoms with Gasteiger partial charge in [-0.15, -0.1) is 18.9 Å². The summed E-state index contributed by atoms with van der Waals surface area (Å²) in [5.74, 6) is 0. The normalized spacial score (nSPS) is 20.9. The first-order chi connectivity index (χ1) is 3.79. The Morgan fingerprint density at radius 3 is 2.88 bits per heavy atom. The third-order valence-corrected chi connectivity index (χ3v) is 9.87. The van der Waals surface area contributed by atoms with Crippen molar-refractivity contribution in [2.75, 3.05) is 0 Å². The molecule has 2 heteroatoms. The lowest BCUT2D eigenvalue weighted by Crippen LogP contribution is -1.68. The quantitative estimate of drug-likeness (QED) is 0.597. The van der Waals surface area contributed by atoms with Crippen molar-refractivity contribution in [2.45, 2.75) is 6.92 Å². The van der Waals surface area contributed by atoms with Crippen LogP contribution in [0, 0.1) is 0 Å². The highest BCUT2D eigenvalue weighted by atomic mass is 127. The largest absolute Gasteiger partial charge is 0.126 e. The molecule has 0 spiro atoms. The zero-order valence-electron chi connectivity index (χ0n) is 4.70. The van der Waals surface area contributed by atoms with E-state index in [1.807, 2.05) is 0 Å². The van der Waals surface area contributed by atoms with Crippen LogP contribution in [0.4, 0.5) is 0 Å². The van der Waals surface area contributed by atoms with Crippen molar-refractivity contribution in [1.82, 2.24) is 0 Å². The molecule has 0 bridgehead atoms. The first-order valence-corrected chi connectivity index (χ1v) is 8.57. The molecule has 0 aromatic carbocycles. The number of rotatable bonds is 0. The fourth-order valence-electron chi connectivity index (χ4n) is 0.350. The number of halogens is 2. The minimum absolute atomic E-state index is 0.324. The molecule has 8 heavy (non-hydrogen) atoms. The molecule has 0 amide bonds. The molecule has 0 saturated carbocycles. The molecule has 0 aromatic rings. The van der Waals surface area contributed by atoms with Gasteiger partial charge in [0.15, 0.2) is 0 Å². The van der Waals surface area contributed by atoms with E-state index in [1.165, 1.54) is 0 Å². The fourth-order valence-corrected chi connectivity index (χ4v) is 8.83. The molecular weight excluding hydrogens is 326 g/mol. The first-order valence-electron chi connectivity index (χ1n) is 2.23. The standard InChI is InChI=1S/C6H8I2/c1-6-3-4-8(2)5-7-6/h3-5H,2H2,1H3. The predicted octanol–water partition coefficient (Wildman–Crippen LogP) is 2.37. The maximum atomic E-state index is 4.06. The molecule has 0 radical (unpaired) electrons. The molecular formula is C6H8I2. The predicted molar refractivity (Wildman–Crippen MR) is 61.0 cm³/mol. The summed E-state index contributed by atoms with van der Waals surface area (Å²) in [4.78, 5) is 0. The third-order valence-electron chi connectivity index (χ3n) is 0.774. The molecule has 1 rings (SSSR count). The monoisotopic (exact) mass is 334 g/mol. The summed E-state index contributed by atoms with van der Waals surface area (Å²) in [5, 5.41) is 0. The van der Waals surface area contributed by atoms with Gasteiger partial charge in [0.05, 0.1) is 0 Å². The molecule has 1 aliphatic heterocycles. The van der Waals surface area contributed by atoms with Crippen LogP contribution in [-0.4, -0.2) is 10.5 Å². The van der Waals surface area contributed by atoms with E-state index in [0.717, 1.165) is 0 Å². The Labute approximate surface area is 66.1 Å². The minimum atomic E-state index is -0.808. The van der Waals surface area contributed by atoms with Gasteiger partial charge in [-0.3, -0.25) is 0 Å². The van der Waals surface area contributed by atoms with Gasteiger partial charge in [0.1, 0.15) is 0 Å². The van der Waals surface area contributed by atoms with Gasteiger partial charge in [-0.1, -0.05) is 25.2 Å². The summed E-state index contributed by atoms with van der Waals surface area (Å²) >= 11 is -0.484. The average molecular weight is 334 g/mol. The van der Waals surface area contributed by atoms with E-state index in [-0.39, 0.29) is 0 Å². The van der Waals surface area contributed by atoms with Gasteiger partial charge in [-0.2, -0.15) is 0 Å². The zero-order chi connectivity index (χ0) is 5.98. The molecule has 0 unspecified atom stereocenters. The Balaban J connectivity index is 3.03. The third kappa shape index (κ3) is 1.97. The van der Waals surface area contributed by atoms with Crippen molar-refractivity contribution >= 4 is 50.1 Å². The maximum Gasteiger partial charge on any atom is -0.000198 e. The van der Waals surface area contributed by atoms with Crippen molar-refractivity contribution in [1.29, 1.82) is 0 Å². The van der Waals surface area contributed by atoms with Crippen molar-refractivity contribution < 1.29 is 0 Å². The van der Waals surface area contributed by atoms with E-state index in [1.54, 1.807) is 3.58 Å². The molecule has 46 valence electrons. The van der Waals surface area contributed by atoms with Crippen LogP contribution < -0.4 is 0 Å². The lowest BCUT2D eigenvalue weighted by atomic mass is 10.6. The van der Waals surface area contributed by atoms with E-state index < -0.39 is 18.9 Å². The van der Waals surface area contributed by atoms with Gasteiger partial charge in [0.25, 0.3) is 0 Å². The average Bonchev–Trinajstić information content (AvgIpc) is 1.77. The Morgan fingerprint density at radius 2 is 2.50 bits per heavy atom. The van der Waals surface area contributed by atoms with Crippen molar-refractivity contribution in [3.63, 3.8) is 0 Å². The highest BCUT2D eigenvalue weighted by molar-refractivity contribution is 14.3. The highest BCUT2D eigenvalue weighted by Gasteiger charge is 1.82. The Bertz CT molecular complexity index is 215. The zero-order valence-corrected chi connectivity index (χ0v) is 9.01. The summed E-state index contributed by atoms with van der Waals surface area (Å²) in [7, 11) is 0. The Kier molecular flexibility index (Phi) is 2.68. The van der Waals surface area contributed by atoms with Crippen LogP contribution in [-0.2, 0) is 0 Å². The smallest absolute Gasteiger partial charge is 0.000198 e. The van der Waals surface area contributed by atoms with Gasteiger partial charge in [-0.25, -0.2) is 0 Å². The molecule has 1 heterocycles. The van der Waals surface area contributed by atoms with Gasteiger partial charge in [0, 0.05) is 0 Å². The lowest BCUT2D eigenvalue weighted by Gasteiger charge is -1.91. The van der Waals surface area contributed by atoms with Gasteiger partial charge >= 0.3 is 0 Å². The Morgan fingerprint density at radius 1 is 1.75 bits per heavy atom. The SMILES string of the molecule is C=I1=CC=C(C)I=C1. The second-order valence-corrected chi connectivity index (χ2v) is 10.7. The fraction of sp³-hybridized carbons (Fsp3) is 0.167. The van der Waals surface area contributed by atoms with Crippen LogP contribution in [0.3, 0.4) is 0 Å². The summed E-state index contributed by atoms with van der Waals surface area (Å²) in [6, 6.07) is 0. The second-order valence-electron chi connectivity index (χ2n) is 1.51. The van der Waals surface area contributed by atoms with Gasteiger partial charge in [-0.05, 0) is 22.6 Å². The second kappa shape index (κ2) is 3.10. The van der Waals surface area contributed by atoms with Crippen molar-refractivity contribution in [2.24, 2.45) is 0 Å². The van der Waals surface area contributed by atoms with Crippen LogP contribution in [0.1, 0.15) is 6.92 Å². The van der Waals surface area contributed by atoms with Crippen LogP contribution in [0.5, 0.6) is 0 Å². The van der Waals surface area contributed by atoms with E-state index in [4.69, 9.17) is 0 Å². The van der Waals surface area contributed by atoms with E-state index in [9.17, 15) is 0 Å². The highest BCUT2D eigenvalue weighted by Crippen LogP contribution is 2.21. The van der Waals surface area contributed by atoms with E-state index >= 15 is 0 Å². The molecule has 0 aliphatic carbocycles. The minimum Gasteiger partial charge on any atom is -0.126 e. The van der Waals surface area contributed by atoms with E-state index in [2.05, 4.69) is 23.5 Å². The lowest BCUT2D eigenvalue weighted by molar-refractivity contribution is 1.75. The van der Waals surface area contributed by atoms with Crippen LogP contribution >= 0.6 is 39.6 Å². The molecule has 0 nitrogen and oxygen atoms in total. The molecule has 0 N–H and O–H groups in total. The summed E-state index contributed by atoms with van der Waals surface area (Å²) in [6.07, 6.45) is 2.27. The molecule has 0 saturated heterocycles. The number of allylic oxidation sites excluding steroid dienone is 2. The summed E-state index contributed by atoms with van der Waals surface area (Å²) in [6.45, 7) is 2.21. The molecule has 0 fully saturated rings. The van der Waals surface area contributed by atoms with E-state index in [0.29, 0.717) is 20.7 Å². The van der Waals surface area contributed by atoms with Crippen LogP contribution in [0.2, 0.25) is 0 Å². The van der Waals surface area contributed by atoms with Gasteiger partial charge < -0.3 is 0 Å². The Hall–Kier alpha value is 0.810. The summed E-state index contributed by atoms with van der Waals surface area (Å²) in [5.41, 5.74) is 0. The van der Waals surface area contributed by atoms with Crippen molar-refractivity contribution in [3.8, 4) is 0 Å². The molecule has 0 aromatic heterocycles. The number of hydrogen-bond donors (Lipinski definition) is 0. The van der Waals surface area contributed by atoms with Crippen LogP contribution in [0.25, 0.3) is 0 Å². The maximum absolute atomic E-state index is 4.06. The first kappa shape index (κ1) is 6.92. The van der Waals surface area contributed by atoms with Gasteiger partial charge in [0.2, 0.25) is 0 Å². The molecule has 0 atom stereocenters. The van der Waals surface area contributed by atoms with Crippen molar-refractivity contribution in [3.05, 3.63) is 9.66 Å².